The summed E-state index contributed by atoms with van der Waals surface area (Å²) in [5.41, 5.74) is 0. The van der Waals surface area contributed by atoms with Crippen molar-refractivity contribution >= 4 is 8.96 Å². The lowest BCUT2D eigenvalue weighted by atomic mass is 10.4. The van der Waals surface area contributed by atoms with E-state index in [-0.39, 0.29) is 8.96 Å². The van der Waals surface area contributed by atoms with Crippen molar-refractivity contribution in [3.63, 3.8) is 0 Å². The predicted molar refractivity (Wildman–Crippen MR) is 42.2 cm³/mol. The molecule has 2 saturated heterocycles. The Hall–Kier alpha value is 0.177. The van der Waals surface area contributed by atoms with Gasteiger partial charge in [0.2, 0.25) is 0 Å². The third kappa shape index (κ3) is 1.06. The molecular weight excluding hydrogens is 126 g/mol. The van der Waals surface area contributed by atoms with Gasteiger partial charge in [0.05, 0.1) is 0 Å². The predicted octanol–water partition coefficient (Wildman–Crippen LogP) is 1.21. The summed E-state index contributed by atoms with van der Waals surface area (Å²) in [5.74, 6) is 0. The molecule has 2 rings (SSSR count). The zero-order chi connectivity index (χ0) is 6.10. The maximum absolute atomic E-state index is 2.81. The van der Waals surface area contributed by atoms with Gasteiger partial charge in [0.25, 0.3) is 0 Å². The molecule has 0 unspecified atom stereocenters. The standard InChI is InChI=1S/C7H15NSi/c1-2-5-8(4-1)9-6-3-7-9/h9H,1-7H2. The topological polar surface area (TPSA) is 3.24 Å². The maximum Gasteiger partial charge on any atom is 0.111 e. The molecule has 0 atom stereocenters. The highest BCUT2D eigenvalue weighted by molar-refractivity contribution is 6.58. The quantitative estimate of drug-likeness (QED) is 0.496. The van der Waals surface area contributed by atoms with Gasteiger partial charge in [0.1, 0.15) is 8.96 Å². The molecule has 0 radical (unpaired) electrons. The lowest BCUT2D eigenvalue weighted by molar-refractivity contribution is 0.511. The number of hydrogen-bond acceptors (Lipinski definition) is 1. The summed E-state index contributed by atoms with van der Waals surface area (Å²) in [6.07, 6.45) is 4.53. The minimum atomic E-state index is -0.220. The fourth-order valence-corrected chi connectivity index (χ4v) is 4.46. The van der Waals surface area contributed by atoms with Gasteiger partial charge >= 0.3 is 0 Å². The fourth-order valence-electron chi connectivity index (χ4n) is 1.86. The average molecular weight is 141 g/mol. The molecule has 0 amide bonds. The second kappa shape index (κ2) is 2.43. The minimum absolute atomic E-state index is 0.220. The van der Waals surface area contributed by atoms with Crippen LogP contribution in [0, 0.1) is 0 Å². The van der Waals surface area contributed by atoms with Gasteiger partial charge in [-0.2, -0.15) is 0 Å². The van der Waals surface area contributed by atoms with Crippen LogP contribution in [0.2, 0.25) is 12.1 Å². The second-order valence-corrected chi connectivity index (χ2v) is 6.52. The van der Waals surface area contributed by atoms with Gasteiger partial charge < -0.3 is 4.57 Å². The number of hydrogen-bond donors (Lipinski definition) is 0. The van der Waals surface area contributed by atoms with Crippen molar-refractivity contribution in [2.24, 2.45) is 0 Å². The van der Waals surface area contributed by atoms with Crippen LogP contribution in [0.3, 0.4) is 0 Å². The Morgan fingerprint density at radius 3 is 2.00 bits per heavy atom. The first-order valence-electron chi connectivity index (χ1n) is 4.21. The zero-order valence-corrected chi connectivity index (χ0v) is 7.13. The summed E-state index contributed by atoms with van der Waals surface area (Å²) in [5, 5.41) is 0. The summed E-state index contributed by atoms with van der Waals surface area (Å²) in [7, 11) is -0.220. The van der Waals surface area contributed by atoms with Crippen LogP contribution in [0.1, 0.15) is 19.3 Å². The fraction of sp³-hybridized carbons (Fsp3) is 1.00. The third-order valence-electron chi connectivity index (χ3n) is 2.73. The molecule has 9 heavy (non-hydrogen) atoms. The van der Waals surface area contributed by atoms with Gasteiger partial charge in [-0.1, -0.05) is 6.42 Å². The number of nitrogens with zero attached hydrogens (tertiary/aromatic N) is 1. The molecule has 0 aromatic rings. The molecule has 1 nitrogen and oxygen atoms in total. The average Bonchev–Trinajstić information content (AvgIpc) is 2.11. The Balaban J connectivity index is 1.82. The molecule has 52 valence electrons. The van der Waals surface area contributed by atoms with Crippen molar-refractivity contribution in [2.45, 2.75) is 31.4 Å². The van der Waals surface area contributed by atoms with E-state index in [0.717, 1.165) is 0 Å². The first-order valence-corrected chi connectivity index (χ1v) is 6.36. The molecule has 0 aromatic heterocycles. The van der Waals surface area contributed by atoms with E-state index in [0.29, 0.717) is 0 Å². The van der Waals surface area contributed by atoms with Crippen LogP contribution >= 0.6 is 0 Å². The summed E-state index contributed by atoms with van der Waals surface area (Å²) in [6.45, 7) is 2.91. The van der Waals surface area contributed by atoms with Crippen LogP contribution in [-0.2, 0) is 0 Å². The molecule has 2 aliphatic heterocycles. The van der Waals surface area contributed by atoms with Crippen molar-refractivity contribution < 1.29 is 0 Å². The van der Waals surface area contributed by atoms with Gasteiger partial charge in [-0.15, -0.1) is 0 Å². The number of rotatable bonds is 1. The van der Waals surface area contributed by atoms with E-state index < -0.39 is 0 Å². The van der Waals surface area contributed by atoms with Gasteiger partial charge in [0, 0.05) is 0 Å². The summed E-state index contributed by atoms with van der Waals surface area (Å²) < 4.78 is 2.81. The zero-order valence-electron chi connectivity index (χ0n) is 5.97. The molecule has 0 N–H and O–H groups in total. The Bertz CT molecular complexity index is 95.1. The van der Waals surface area contributed by atoms with Crippen molar-refractivity contribution in [3.05, 3.63) is 0 Å². The van der Waals surface area contributed by atoms with E-state index in [1.54, 1.807) is 18.5 Å². The molecule has 0 spiro atoms. The van der Waals surface area contributed by atoms with E-state index >= 15 is 0 Å². The van der Waals surface area contributed by atoms with E-state index in [1.165, 1.54) is 25.9 Å². The second-order valence-electron chi connectivity index (χ2n) is 3.33. The van der Waals surface area contributed by atoms with Crippen molar-refractivity contribution in [3.8, 4) is 0 Å². The van der Waals surface area contributed by atoms with E-state index in [9.17, 15) is 0 Å². The maximum atomic E-state index is 2.81. The molecule has 0 aliphatic carbocycles. The Morgan fingerprint density at radius 2 is 1.56 bits per heavy atom. The van der Waals surface area contributed by atoms with Crippen LogP contribution in [0.4, 0.5) is 0 Å². The lowest BCUT2D eigenvalue weighted by Gasteiger charge is -2.32. The smallest absolute Gasteiger partial charge is 0.111 e. The van der Waals surface area contributed by atoms with Gasteiger partial charge in [-0.3, -0.25) is 0 Å². The van der Waals surface area contributed by atoms with Crippen LogP contribution in [0.15, 0.2) is 0 Å². The van der Waals surface area contributed by atoms with Crippen LogP contribution in [0.5, 0.6) is 0 Å². The molecule has 2 fully saturated rings. The largest absolute Gasteiger partial charge is 0.326 e. The Labute approximate surface area is 58.7 Å². The van der Waals surface area contributed by atoms with E-state index in [1.807, 2.05) is 0 Å². The highest BCUT2D eigenvalue weighted by Crippen LogP contribution is 2.25. The van der Waals surface area contributed by atoms with E-state index in [4.69, 9.17) is 0 Å². The van der Waals surface area contributed by atoms with Crippen LogP contribution < -0.4 is 0 Å². The van der Waals surface area contributed by atoms with Crippen LogP contribution in [-0.4, -0.2) is 26.6 Å². The van der Waals surface area contributed by atoms with E-state index in [2.05, 4.69) is 4.57 Å². The molecule has 0 bridgehead atoms. The highest BCUT2D eigenvalue weighted by atomic mass is 28.3. The summed E-state index contributed by atoms with van der Waals surface area (Å²) in [6, 6.07) is 3.25. The lowest BCUT2D eigenvalue weighted by Crippen LogP contribution is -2.41. The molecule has 2 aliphatic rings. The van der Waals surface area contributed by atoms with Crippen molar-refractivity contribution in [1.82, 2.24) is 4.57 Å². The molecule has 0 saturated carbocycles. The van der Waals surface area contributed by atoms with Crippen molar-refractivity contribution in [2.75, 3.05) is 13.1 Å². The molecule has 2 heterocycles. The normalized spacial score (nSPS) is 30.7. The van der Waals surface area contributed by atoms with Gasteiger partial charge in [0.15, 0.2) is 0 Å². The van der Waals surface area contributed by atoms with Gasteiger partial charge in [-0.05, 0) is 38.0 Å². The minimum Gasteiger partial charge on any atom is -0.326 e. The van der Waals surface area contributed by atoms with Crippen LogP contribution in [0.25, 0.3) is 0 Å². The molecule has 2 heteroatoms. The first-order chi connectivity index (χ1) is 4.47. The SMILES string of the molecule is C1CCN([SiH]2CCC2)C1. The molecule has 0 aromatic carbocycles. The first kappa shape index (κ1) is 5.92. The third-order valence-corrected chi connectivity index (χ3v) is 6.43. The Kier molecular flexibility index (Phi) is 1.60. The highest BCUT2D eigenvalue weighted by Gasteiger charge is 2.27. The van der Waals surface area contributed by atoms with Crippen molar-refractivity contribution in [1.29, 1.82) is 0 Å². The Morgan fingerprint density at radius 1 is 0.889 bits per heavy atom. The van der Waals surface area contributed by atoms with Gasteiger partial charge in [-0.25, -0.2) is 0 Å². The molecular formula is C7H15NSi. The summed E-state index contributed by atoms with van der Waals surface area (Å²) >= 11 is 0. The monoisotopic (exact) mass is 141 g/mol. The summed E-state index contributed by atoms with van der Waals surface area (Å²) in [4.78, 5) is 0.